The van der Waals surface area contributed by atoms with Gasteiger partial charge in [0.1, 0.15) is 11.2 Å². The van der Waals surface area contributed by atoms with Crippen LogP contribution in [0.2, 0.25) is 0 Å². The number of fused-ring (bicyclic) bond motifs is 2. The number of hydrogen-bond acceptors (Lipinski definition) is 2. The van der Waals surface area contributed by atoms with E-state index >= 15 is 0 Å². The Hall–Kier alpha value is -2.53. The van der Waals surface area contributed by atoms with Crippen molar-refractivity contribution in [3.8, 4) is 11.8 Å². The van der Waals surface area contributed by atoms with Gasteiger partial charge in [-0.25, -0.2) is 0 Å². The van der Waals surface area contributed by atoms with Gasteiger partial charge in [-0.3, -0.25) is 4.79 Å². The summed E-state index contributed by atoms with van der Waals surface area (Å²) >= 11 is 0. The van der Waals surface area contributed by atoms with Crippen LogP contribution in [-0.4, -0.2) is 0 Å². The van der Waals surface area contributed by atoms with Gasteiger partial charge in [-0.15, -0.1) is 0 Å². The summed E-state index contributed by atoms with van der Waals surface area (Å²) < 4.78 is 6.14. The molecule has 0 saturated heterocycles. The van der Waals surface area contributed by atoms with Crippen molar-refractivity contribution in [2.75, 3.05) is 0 Å². The maximum absolute atomic E-state index is 13.0. The van der Waals surface area contributed by atoms with Gasteiger partial charge in [-0.1, -0.05) is 44.7 Å². The first-order valence-electron chi connectivity index (χ1n) is 8.59. The van der Waals surface area contributed by atoms with Crippen LogP contribution < -0.4 is 5.43 Å². The Kier molecular flexibility index (Phi) is 4.00. The van der Waals surface area contributed by atoms with Crippen molar-refractivity contribution >= 4 is 21.9 Å². The van der Waals surface area contributed by atoms with E-state index in [4.69, 9.17) is 4.42 Å². The van der Waals surface area contributed by atoms with E-state index in [0.29, 0.717) is 21.9 Å². The van der Waals surface area contributed by atoms with Gasteiger partial charge >= 0.3 is 0 Å². The minimum absolute atomic E-state index is 0.00163. The zero-order valence-electron chi connectivity index (χ0n) is 15.8. The molecule has 0 aliphatic carbocycles. The molecule has 3 rings (SSSR count). The molecule has 0 bridgehead atoms. The van der Waals surface area contributed by atoms with Crippen molar-refractivity contribution in [3.05, 3.63) is 57.7 Å². The molecule has 0 radical (unpaired) electrons. The number of rotatable bonds is 0. The third kappa shape index (κ3) is 3.46. The molecule has 0 fully saturated rings. The Bertz CT molecular complexity index is 1070. The highest BCUT2D eigenvalue weighted by atomic mass is 16.3. The normalized spacial score (nSPS) is 12.2. The lowest BCUT2D eigenvalue weighted by Gasteiger charge is -2.21. The van der Waals surface area contributed by atoms with Crippen molar-refractivity contribution in [2.45, 2.75) is 47.0 Å². The Morgan fingerprint density at radius 1 is 0.920 bits per heavy atom. The molecule has 25 heavy (non-hydrogen) atoms. The molecule has 0 N–H and O–H groups in total. The predicted molar refractivity (Wildman–Crippen MR) is 105 cm³/mol. The summed E-state index contributed by atoms with van der Waals surface area (Å²) in [5.74, 6) is 6.49. The lowest BCUT2D eigenvalue weighted by atomic mass is 9.84. The number of benzene rings is 2. The second-order valence-electron chi connectivity index (χ2n) is 8.58. The lowest BCUT2D eigenvalue weighted by Crippen LogP contribution is -2.14. The van der Waals surface area contributed by atoms with E-state index in [1.54, 1.807) is 0 Å². The molecule has 2 aromatic carbocycles. The Morgan fingerprint density at radius 2 is 1.60 bits per heavy atom. The van der Waals surface area contributed by atoms with E-state index in [1.165, 1.54) is 0 Å². The van der Waals surface area contributed by atoms with Gasteiger partial charge in [0.05, 0.1) is 10.8 Å². The molecule has 0 atom stereocenters. The van der Waals surface area contributed by atoms with E-state index in [-0.39, 0.29) is 16.3 Å². The Balaban J connectivity index is 2.44. The second kappa shape index (κ2) is 5.77. The Morgan fingerprint density at radius 3 is 2.24 bits per heavy atom. The quantitative estimate of drug-likeness (QED) is 0.394. The standard InChI is InChI=1S/C23H24O2/c1-22(2,3)12-11-15-13-17-20(24)16-9-7-8-10-19(16)25-21(17)18(14-15)23(4,5)6/h7-10,13-14H,1-6H3. The molecule has 3 aromatic rings. The van der Waals surface area contributed by atoms with Gasteiger partial charge in [0.15, 0.2) is 0 Å². The minimum atomic E-state index is -0.157. The van der Waals surface area contributed by atoms with E-state index in [9.17, 15) is 4.79 Å². The molecule has 128 valence electrons. The smallest absolute Gasteiger partial charge is 0.200 e. The summed E-state index contributed by atoms with van der Waals surface area (Å²) in [5.41, 5.74) is 2.90. The van der Waals surface area contributed by atoms with Gasteiger partial charge < -0.3 is 4.42 Å². The summed E-state index contributed by atoms with van der Waals surface area (Å²) in [5, 5.41) is 1.21. The van der Waals surface area contributed by atoms with Crippen molar-refractivity contribution in [1.82, 2.24) is 0 Å². The van der Waals surface area contributed by atoms with Gasteiger partial charge in [0.2, 0.25) is 5.43 Å². The van der Waals surface area contributed by atoms with Crippen LogP contribution >= 0.6 is 0 Å². The molecule has 2 heteroatoms. The zero-order chi connectivity index (χ0) is 18.4. The first-order valence-corrected chi connectivity index (χ1v) is 8.59. The third-order valence-electron chi connectivity index (χ3n) is 4.07. The molecule has 1 heterocycles. The summed E-state index contributed by atoms with van der Waals surface area (Å²) in [7, 11) is 0. The van der Waals surface area contributed by atoms with E-state index in [0.717, 1.165) is 11.1 Å². The highest BCUT2D eigenvalue weighted by Gasteiger charge is 2.21. The molecule has 0 amide bonds. The second-order valence-corrected chi connectivity index (χ2v) is 8.58. The van der Waals surface area contributed by atoms with Crippen LogP contribution in [0.1, 0.15) is 52.7 Å². The van der Waals surface area contributed by atoms with Crippen LogP contribution in [0.25, 0.3) is 21.9 Å². The first kappa shape index (κ1) is 17.3. The lowest BCUT2D eigenvalue weighted by molar-refractivity contribution is 0.569. The molecule has 0 aliphatic heterocycles. The third-order valence-corrected chi connectivity index (χ3v) is 4.07. The average Bonchev–Trinajstić information content (AvgIpc) is 2.51. The number of para-hydroxylation sites is 1. The number of hydrogen-bond donors (Lipinski definition) is 0. The van der Waals surface area contributed by atoms with Crippen molar-refractivity contribution < 1.29 is 4.42 Å². The van der Waals surface area contributed by atoms with Crippen molar-refractivity contribution in [2.24, 2.45) is 5.41 Å². The van der Waals surface area contributed by atoms with Crippen LogP contribution in [0, 0.1) is 17.3 Å². The van der Waals surface area contributed by atoms with Crippen LogP contribution in [0.5, 0.6) is 0 Å². The largest absolute Gasteiger partial charge is 0.456 e. The fourth-order valence-corrected chi connectivity index (χ4v) is 2.79. The highest BCUT2D eigenvalue weighted by Crippen LogP contribution is 2.32. The molecular weight excluding hydrogens is 308 g/mol. The molecule has 0 unspecified atom stereocenters. The van der Waals surface area contributed by atoms with E-state index < -0.39 is 0 Å². The van der Waals surface area contributed by atoms with Crippen LogP contribution in [0.3, 0.4) is 0 Å². The van der Waals surface area contributed by atoms with Crippen LogP contribution in [0.15, 0.2) is 45.6 Å². The zero-order valence-corrected chi connectivity index (χ0v) is 15.8. The van der Waals surface area contributed by atoms with Gasteiger partial charge in [0, 0.05) is 16.5 Å². The summed E-state index contributed by atoms with van der Waals surface area (Å²) in [4.78, 5) is 13.0. The summed E-state index contributed by atoms with van der Waals surface area (Å²) in [6.45, 7) is 12.6. The molecule has 0 aliphatic rings. The topological polar surface area (TPSA) is 30.2 Å². The van der Waals surface area contributed by atoms with Crippen LogP contribution in [0.4, 0.5) is 0 Å². The van der Waals surface area contributed by atoms with E-state index in [1.807, 2.05) is 30.3 Å². The van der Waals surface area contributed by atoms with Gasteiger partial charge in [-0.05, 0) is 50.5 Å². The predicted octanol–water partition coefficient (Wildman–Crippen LogP) is 5.64. The average molecular weight is 332 g/mol. The maximum atomic E-state index is 13.0. The van der Waals surface area contributed by atoms with Crippen LogP contribution in [-0.2, 0) is 5.41 Å². The molecule has 0 spiro atoms. The van der Waals surface area contributed by atoms with Crippen molar-refractivity contribution in [1.29, 1.82) is 0 Å². The molecule has 2 nitrogen and oxygen atoms in total. The first-order chi connectivity index (χ1) is 11.6. The molecule has 0 saturated carbocycles. The highest BCUT2D eigenvalue weighted by molar-refractivity contribution is 5.92. The molecule has 1 aromatic heterocycles. The SMILES string of the molecule is CC(C)(C)C#Cc1cc(C(C)(C)C)c2oc3ccccc3c(=O)c2c1. The summed E-state index contributed by atoms with van der Waals surface area (Å²) in [6, 6.07) is 11.3. The van der Waals surface area contributed by atoms with Gasteiger partial charge in [-0.2, -0.15) is 0 Å². The summed E-state index contributed by atoms with van der Waals surface area (Å²) in [6.07, 6.45) is 0. The maximum Gasteiger partial charge on any atom is 0.200 e. The monoisotopic (exact) mass is 332 g/mol. The fraction of sp³-hybridized carbons (Fsp3) is 0.348. The fourth-order valence-electron chi connectivity index (χ4n) is 2.79. The minimum Gasteiger partial charge on any atom is -0.456 e. The van der Waals surface area contributed by atoms with E-state index in [2.05, 4.69) is 59.4 Å². The molecular formula is C23H24O2. The van der Waals surface area contributed by atoms with Crippen molar-refractivity contribution in [3.63, 3.8) is 0 Å². The Labute approximate surface area is 148 Å². The van der Waals surface area contributed by atoms with Gasteiger partial charge in [0.25, 0.3) is 0 Å².